The molecular formula is C12H15BrN4O. The van der Waals surface area contributed by atoms with E-state index >= 15 is 0 Å². The maximum absolute atomic E-state index is 5.84. The second-order valence-corrected chi connectivity index (χ2v) is 5.19. The summed E-state index contributed by atoms with van der Waals surface area (Å²) in [5.74, 6) is 0.983. The first-order valence-electron chi connectivity index (χ1n) is 6.02. The van der Waals surface area contributed by atoms with Crippen LogP contribution in [0.2, 0.25) is 0 Å². The number of hydrogen-bond donors (Lipinski definition) is 0. The average molecular weight is 311 g/mol. The van der Waals surface area contributed by atoms with Crippen molar-refractivity contribution in [1.82, 2.24) is 14.6 Å². The van der Waals surface area contributed by atoms with Gasteiger partial charge in [-0.25, -0.2) is 9.50 Å². The van der Waals surface area contributed by atoms with E-state index in [0.29, 0.717) is 0 Å². The van der Waals surface area contributed by atoms with Gasteiger partial charge in [-0.1, -0.05) is 15.9 Å². The first-order valence-corrected chi connectivity index (χ1v) is 7.15. The highest BCUT2D eigenvalue weighted by Gasteiger charge is 2.26. The maximum atomic E-state index is 5.84. The molecule has 6 heteroatoms. The Morgan fingerprint density at radius 2 is 2.33 bits per heavy atom. The Morgan fingerprint density at radius 3 is 3.17 bits per heavy atom. The molecule has 2 aromatic heterocycles. The highest BCUT2D eigenvalue weighted by molar-refractivity contribution is 9.09. The van der Waals surface area contributed by atoms with Crippen molar-refractivity contribution >= 4 is 27.3 Å². The summed E-state index contributed by atoms with van der Waals surface area (Å²) in [5.41, 5.74) is 1.04. The van der Waals surface area contributed by atoms with Crippen molar-refractivity contribution in [3.8, 4) is 0 Å². The fraction of sp³-hybridized carbons (Fsp3) is 0.500. The van der Waals surface area contributed by atoms with Gasteiger partial charge in [-0.15, -0.1) is 0 Å². The van der Waals surface area contributed by atoms with Crippen molar-refractivity contribution in [2.75, 3.05) is 23.3 Å². The molecule has 0 aromatic carbocycles. The number of fused-ring (bicyclic) bond motifs is 1. The monoisotopic (exact) mass is 310 g/mol. The molecule has 3 heterocycles. The molecular weight excluding hydrogens is 296 g/mol. The molecule has 5 nitrogen and oxygen atoms in total. The summed E-state index contributed by atoms with van der Waals surface area (Å²) in [4.78, 5) is 6.78. The lowest BCUT2D eigenvalue weighted by atomic mass is 10.2. The van der Waals surface area contributed by atoms with Gasteiger partial charge in [-0.3, -0.25) is 0 Å². The highest BCUT2D eigenvalue weighted by atomic mass is 79.9. The third-order valence-electron chi connectivity index (χ3n) is 3.10. The molecule has 0 bridgehead atoms. The number of nitrogens with zero attached hydrogens (tertiary/aromatic N) is 4. The molecule has 1 fully saturated rings. The van der Waals surface area contributed by atoms with Crippen LogP contribution in [0.15, 0.2) is 24.7 Å². The van der Waals surface area contributed by atoms with Gasteiger partial charge in [0, 0.05) is 30.8 Å². The molecule has 1 aliphatic heterocycles. The van der Waals surface area contributed by atoms with Crippen LogP contribution in [0.25, 0.3) is 5.52 Å². The largest absolute Gasteiger partial charge is 0.371 e. The Kier molecular flexibility index (Phi) is 3.22. The molecule has 18 heavy (non-hydrogen) atoms. The van der Waals surface area contributed by atoms with Gasteiger partial charge in [-0.05, 0) is 13.0 Å². The van der Waals surface area contributed by atoms with E-state index < -0.39 is 0 Å². The van der Waals surface area contributed by atoms with Gasteiger partial charge in [-0.2, -0.15) is 5.10 Å². The lowest BCUT2D eigenvalue weighted by Crippen LogP contribution is -2.47. The van der Waals surface area contributed by atoms with Crippen LogP contribution in [-0.2, 0) is 4.74 Å². The normalized spacial score (nSPS) is 24.7. The standard InChI is InChI=1S/C12H15BrN4O/c1-9-7-16(8-10(6-13)18-9)12-11-2-3-15-17(11)5-4-14-12/h2-5,9-10H,6-8H2,1H3. The number of alkyl halides is 1. The SMILES string of the molecule is CC1CN(c2nccn3nccc23)CC(CBr)O1. The Bertz CT molecular complexity index is 544. The van der Waals surface area contributed by atoms with Crippen LogP contribution in [0.3, 0.4) is 0 Å². The Morgan fingerprint density at radius 1 is 1.44 bits per heavy atom. The molecule has 1 saturated heterocycles. The fourth-order valence-electron chi connectivity index (χ4n) is 2.39. The number of halogens is 1. The zero-order valence-electron chi connectivity index (χ0n) is 10.2. The Hall–Kier alpha value is -1.14. The molecule has 2 unspecified atom stereocenters. The molecule has 0 spiro atoms. The molecule has 0 amide bonds. The number of aromatic nitrogens is 3. The van der Waals surface area contributed by atoms with E-state index in [0.717, 1.165) is 29.8 Å². The number of hydrogen-bond acceptors (Lipinski definition) is 4. The summed E-state index contributed by atoms with van der Waals surface area (Å²) in [5, 5.41) is 5.09. The molecule has 0 N–H and O–H groups in total. The Balaban J connectivity index is 1.96. The quantitative estimate of drug-likeness (QED) is 0.792. The summed E-state index contributed by atoms with van der Waals surface area (Å²) < 4.78 is 7.69. The zero-order chi connectivity index (χ0) is 12.5. The van der Waals surface area contributed by atoms with Crippen molar-refractivity contribution in [2.45, 2.75) is 19.1 Å². The van der Waals surface area contributed by atoms with E-state index in [9.17, 15) is 0 Å². The molecule has 2 aromatic rings. The van der Waals surface area contributed by atoms with E-state index in [4.69, 9.17) is 4.74 Å². The molecule has 2 atom stereocenters. The van der Waals surface area contributed by atoms with Gasteiger partial charge in [0.25, 0.3) is 0 Å². The third kappa shape index (κ3) is 2.10. The van der Waals surface area contributed by atoms with E-state index in [-0.39, 0.29) is 12.2 Å². The summed E-state index contributed by atoms with van der Waals surface area (Å²) in [6.45, 7) is 3.81. The Labute approximate surface area is 114 Å². The van der Waals surface area contributed by atoms with E-state index in [1.165, 1.54) is 0 Å². The lowest BCUT2D eigenvalue weighted by Gasteiger charge is -2.37. The minimum Gasteiger partial charge on any atom is -0.371 e. The van der Waals surface area contributed by atoms with Crippen LogP contribution in [0.1, 0.15) is 6.92 Å². The molecule has 0 saturated carbocycles. The van der Waals surface area contributed by atoms with Gasteiger partial charge < -0.3 is 9.64 Å². The second kappa shape index (κ2) is 4.85. The molecule has 96 valence electrons. The third-order valence-corrected chi connectivity index (χ3v) is 3.82. The molecule has 0 aliphatic carbocycles. The van der Waals surface area contributed by atoms with Crippen LogP contribution in [0.4, 0.5) is 5.82 Å². The van der Waals surface area contributed by atoms with Crippen molar-refractivity contribution in [1.29, 1.82) is 0 Å². The van der Waals surface area contributed by atoms with Gasteiger partial charge in [0.1, 0.15) is 5.52 Å². The van der Waals surface area contributed by atoms with Crippen LogP contribution < -0.4 is 4.90 Å². The number of ether oxygens (including phenoxy) is 1. The zero-order valence-corrected chi connectivity index (χ0v) is 11.7. The maximum Gasteiger partial charge on any atom is 0.154 e. The molecule has 3 rings (SSSR count). The van der Waals surface area contributed by atoms with Gasteiger partial charge in [0.15, 0.2) is 5.82 Å². The number of rotatable bonds is 2. The number of anilines is 1. The van der Waals surface area contributed by atoms with Crippen molar-refractivity contribution in [2.24, 2.45) is 0 Å². The predicted molar refractivity (Wildman–Crippen MR) is 73.3 cm³/mol. The first-order chi connectivity index (χ1) is 8.78. The van der Waals surface area contributed by atoms with E-state index in [1.54, 1.807) is 12.4 Å². The smallest absolute Gasteiger partial charge is 0.154 e. The average Bonchev–Trinajstić information content (AvgIpc) is 2.85. The summed E-state index contributed by atoms with van der Waals surface area (Å²) in [6, 6.07) is 1.99. The van der Waals surface area contributed by atoms with Crippen LogP contribution in [0, 0.1) is 0 Å². The number of morpholine rings is 1. The second-order valence-electron chi connectivity index (χ2n) is 4.54. The van der Waals surface area contributed by atoms with Gasteiger partial charge in [0.05, 0.1) is 18.4 Å². The van der Waals surface area contributed by atoms with Crippen LogP contribution in [0.5, 0.6) is 0 Å². The minimum absolute atomic E-state index is 0.207. The van der Waals surface area contributed by atoms with Crippen LogP contribution in [-0.4, -0.2) is 45.2 Å². The van der Waals surface area contributed by atoms with Crippen molar-refractivity contribution in [3.63, 3.8) is 0 Å². The highest BCUT2D eigenvalue weighted by Crippen LogP contribution is 2.23. The minimum atomic E-state index is 0.207. The fourth-order valence-corrected chi connectivity index (χ4v) is 2.75. The predicted octanol–water partition coefficient (Wildman–Crippen LogP) is 1.72. The van der Waals surface area contributed by atoms with Crippen molar-refractivity contribution in [3.05, 3.63) is 24.7 Å². The summed E-state index contributed by atoms with van der Waals surface area (Å²) in [7, 11) is 0. The summed E-state index contributed by atoms with van der Waals surface area (Å²) >= 11 is 3.49. The van der Waals surface area contributed by atoms with Gasteiger partial charge >= 0.3 is 0 Å². The molecule has 0 radical (unpaired) electrons. The van der Waals surface area contributed by atoms with E-state index in [1.807, 2.05) is 16.8 Å². The molecule has 1 aliphatic rings. The lowest BCUT2D eigenvalue weighted by molar-refractivity contribution is -0.00216. The van der Waals surface area contributed by atoms with Gasteiger partial charge in [0.2, 0.25) is 0 Å². The van der Waals surface area contributed by atoms with Crippen molar-refractivity contribution < 1.29 is 4.74 Å². The first kappa shape index (κ1) is 11.9. The topological polar surface area (TPSA) is 42.7 Å². The summed E-state index contributed by atoms with van der Waals surface area (Å²) in [6.07, 6.45) is 5.88. The van der Waals surface area contributed by atoms with Crippen LogP contribution >= 0.6 is 15.9 Å². The van der Waals surface area contributed by atoms with E-state index in [2.05, 4.69) is 37.8 Å².